The van der Waals surface area contributed by atoms with Gasteiger partial charge in [-0.3, -0.25) is 0 Å². The van der Waals surface area contributed by atoms with Crippen LogP contribution in [0, 0.1) is 20.2 Å². The third kappa shape index (κ3) is 6.23. The molecule has 94 valence electrons. The molecule has 0 aliphatic carbocycles. The Bertz CT molecular complexity index is 240. The monoisotopic (exact) mass is 255 g/mol. The molecule has 0 bridgehead atoms. The normalized spacial score (nSPS) is 11.9. The second kappa shape index (κ2) is 7.91. The Labute approximate surface area is 97.3 Å². The third-order valence-corrected chi connectivity index (χ3v) is 2.17. The SMILES string of the molecule is CCCCN(CC(CCl)O[N+](=O)[O-])[N+](=O)[O-]. The van der Waals surface area contributed by atoms with Gasteiger partial charge in [0.1, 0.15) is 12.6 Å². The molecule has 0 heterocycles. The first-order chi connectivity index (χ1) is 7.51. The number of alkyl halides is 1. The fraction of sp³-hybridized carbons (Fsp3) is 1.00. The van der Waals surface area contributed by atoms with Gasteiger partial charge in [0, 0.05) is 0 Å². The molecule has 0 aromatic heterocycles. The fourth-order valence-electron chi connectivity index (χ4n) is 1.05. The van der Waals surface area contributed by atoms with Crippen molar-refractivity contribution in [2.24, 2.45) is 0 Å². The number of nitrogens with zero attached hydrogens (tertiary/aromatic N) is 3. The molecule has 16 heavy (non-hydrogen) atoms. The van der Waals surface area contributed by atoms with E-state index in [1.165, 1.54) is 0 Å². The molecule has 0 saturated heterocycles. The van der Waals surface area contributed by atoms with Crippen molar-refractivity contribution < 1.29 is 15.0 Å². The maximum absolute atomic E-state index is 10.6. The lowest BCUT2D eigenvalue weighted by molar-refractivity contribution is -0.771. The number of rotatable bonds is 9. The molecule has 0 N–H and O–H groups in total. The minimum Gasteiger partial charge on any atom is -0.307 e. The van der Waals surface area contributed by atoms with E-state index in [1.54, 1.807) is 0 Å². The van der Waals surface area contributed by atoms with Gasteiger partial charge >= 0.3 is 0 Å². The predicted molar refractivity (Wildman–Crippen MR) is 56.1 cm³/mol. The fourth-order valence-corrected chi connectivity index (χ4v) is 1.20. The summed E-state index contributed by atoms with van der Waals surface area (Å²) in [4.78, 5) is 24.9. The van der Waals surface area contributed by atoms with Gasteiger partial charge < -0.3 is 4.84 Å². The molecular weight excluding hydrogens is 242 g/mol. The van der Waals surface area contributed by atoms with Gasteiger partial charge in [-0.15, -0.1) is 26.7 Å². The summed E-state index contributed by atoms with van der Waals surface area (Å²) < 4.78 is 0. The zero-order valence-electron chi connectivity index (χ0n) is 8.87. The Morgan fingerprint density at radius 2 is 2.06 bits per heavy atom. The van der Waals surface area contributed by atoms with Crippen molar-refractivity contribution in [1.29, 1.82) is 0 Å². The van der Waals surface area contributed by atoms with Crippen LogP contribution in [0.5, 0.6) is 0 Å². The van der Waals surface area contributed by atoms with Crippen LogP contribution in [0.1, 0.15) is 19.8 Å². The van der Waals surface area contributed by atoms with Crippen LogP contribution < -0.4 is 0 Å². The number of hydrogen-bond donors (Lipinski definition) is 0. The van der Waals surface area contributed by atoms with Crippen LogP contribution >= 0.6 is 11.6 Å². The summed E-state index contributed by atoms with van der Waals surface area (Å²) in [6.07, 6.45) is 0.444. The molecule has 0 aromatic rings. The van der Waals surface area contributed by atoms with Crippen LogP contribution in [0.25, 0.3) is 0 Å². The summed E-state index contributed by atoms with van der Waals surface area (Å²) in [5.74, 6) is -0.169. The topological polar surface area (TPSA) is 98.8 Å². The van der Waals surface area contributed by atoms with Gasteiger partial charge in [0.15, 0.2) is 5.03 Å². The van der Waals surface area contributed by atoms with Crippen molar-refractivity contribution in [2.45, 2.75) is 25.9 Å². The number of hydrazine groups is 1. The summed E-state index contributed by atoms with van der Waals surface area (Å²) in [5, 5.41) is 20.0. The van der Waals surface area contributed by atoms with Crippen LogP contribution in [-0.2, 0) is 4.84 Å². The summed E-state index contributed by atoms with van der Waals surface area (Å²) in [5.41, 5.74) is 0. The first-order valence-electron chi connectivity index (χ1n) is 4.77. The maximum atomic E-state index is 10.6. The lowest BCUT2D eigenvalue weighted by Crippen LogP contribution is -2.40. The molecule has 0 fully saturated rings. The summed E-state index contributed by atoms with van der Waals surface area (Å²) in [7, 11) is 0. The van der Waals surface area contributed by atoms with Crippen LogP contribution in [-0.4, -0.2) is 40.2 Å². The van der Waals surface area contributed by atoms with Crippen molar-refractivity contribution >= 4 is 11.6 Å². The van der Waals surface area contributed by atoms with Crippen molar-refractivity contribution in [3.63, 3.8) is 0 Å². The van der Waals surface area contributed by atoms with Gasteiger partial charge in [0.2, 0.25) is 0 Å². The lowest BCUT2D eigenvalue weighted by atomic mass is 10.3. The van der Waals surface area contributed by atoms with E-state index in [1.807, 2.05) is 6.92 Å². The van der Waals surface area contributed by atoms with Crippen LogP contribution in [0.3, 0.4) is 0 Å². The van der Waals surface area contributed by atoms with E-state index in [0.717, 1.165) is 11.4 Å². The highest BCUT2D eigenvalue weighted by Gasteiger charge is 2.22. The van der Waals surface area contributed by atoms with Crippen molar-refractivity contribution in [3.05, 3.63) is 20.2 Å². The Balaban J connectivity index is 4.22. The Morgan fingerprint density at radius 1 is 1.44 bits per heavy atom. The highest BCUT2D eigenvalue weighted by Crippen LogP contribution is 2.03. The van der Waals surface area contributed by atoms with Crippen molar-refractivity contribution in [2.75, 3.05) is 19.0 Å². The van der Waals surface area contributed by atoms with Crippen molar-refractivity contribution in [1.82, 2.24) is 5.01 Å². The lowest BCUT2D eigenvalue weighted by Gasteiger charge is -2.18. The number of halogens is 1. The number of unbranched alkanes of at least 4 members (excludes halogenated alkanes) is 1. The summed E-state index contributed by atoms with van der Waals surface area (Å²) in [6, 6.07) is 0. The van der Waals surface area contributed by atoms with E-state index in [0.29, 0.717) is 6.42 Å². The molecule has 1 unspecified atom stereocenters. The molecular formula is C7H14ClN3O5. The van der Waals surface area contributed by atoms with Crippen LogP contribution in [0.2, 0.25) is 0 Å². The van der Waals surface area contributed by atoms with Crippen LogP contribution in [0.15, 0.2) is 0 Å². The van der Waals surface area contributed by atoms with E-state index < -0.39 is 16.2 Å². The van der Waals surface area contributed by atoms with E-state index in [4.69, 9.17) is 11.6 Å². The second-order valence-electron chi connectivity index (χ2n) is 3.11. The predicted octanol–water partition coefficient (Wildman–Crippen LogP) is 1.10. The van der Waals surface area contributed by atoms with E-state index in [2.05, 4.69) is 4.84 Å². The maximum Gasteiger partial charge on any atom is 0.294 e. The number of nitro groups is 1. The van der Waals surface area contributed by atoms with E-state index in [9.17, 15) is 20.2 Å². The molecule has 9 heteroatoms. The molecule has 0 amide bonds. The number of hydrogen-bond acceptors (Lipinski definition) is 5. The first-order valence-corrected chi connectivity index (χ1v) is 5.31. The molecule has 0 saturated carbocycles. The largest absolute Gasteiger partial charge is 0.307 e. The van der Waals surface area contributed by atoms with E-state index >= 15 is 0 Å². The minimum absolute atomic E-state index is 0.169. The quantitative estimate of drug-likeness (QED) is 0.347. The molecule has 1 atom stereocenters. The summed E-state index contributed by atoms with van der Waals surface area (Å²) in [6.45, 7) is 1.92. The van der Waals surface area contributed by atoms with Gasteiger partial charge in [-0.1, -0.05) is 13.3 Å². The first kappa shape index (κ1) is 14.7. The van der Waals surface area contributed by atoms with Crippen molar-refractivity contribution in [3.8, 4) is 0 Å². The van der Waals surface area contributed by atoms with Gasteiger partial charge in [-0.2, -0.15) is 0 Å². The summed E-state index contributed by atoms with van der Waals surface area (Å²) >= 11 is 5.42. The molecule has 0 aliphatic rings. The zero-order chi connectivity index (χ0) is 12.6. The average molecular weight is 256 g/mol. The van der Waals surface area contributed by atoms with Crippen LogP contribution in [0.4, 0.5) is 0 Å². The van der Waals surface area contributed by atoms with Gasteiger partial charge in [-0.05, 0) is 6.42 Å². The standard InChI is InChI=1S/C7H14ClN3O5/c1-2-3-4-9(10(12)13)6-7(5-8)16-11(14)15/h7H,2-6H2,1H3. The molecule has 0 aliphatic heterocycles. The van der Waals surface area contributed by atoms with E-state index in [-0.39, 0.29) is 19.0 Å². The Kier molecular flexibility index (Phi) is 7.27. The molecule has 8 nitrogen and oxygen atoms in total. The Morgan fingerprint density at radius 3 is 2.44 bits per heavy atom. The highest BCUT2D eigenvalue weighted by atomic mass is 35.5. The molecule has 0 spiro atoms. The minimum atomic E-state index is -0.995. The van der Waals surface area contributed by atoms with Gasteiger partial charge in [0.05, 0.1) is 12.4 Å². The van der Waals surface area contributed by atoms with Gasteiger partial charge in [-0.25, -0.2) is 10.1 Å². The second-order valence-corrected chi connectivity index (χ2v) is 3.42. The molecule has 0 aromatic carbocycles. The smallest absolute Gasteiger partial charge is 0.294 e. The van der Waals surface area contributed by atoms with Gasteiger partial charge in [0.25, 0.3) is 5.09 Å². The third-order valence-electron chi connectivity index (χ3n) is 1.82. The molecule has 0 rings (SSSR count). The Hall–Kier alpha value is -1.31. The molecule has 0 radical (unpaired) electrons. The zero-order valence-corrected chi connectivity index (χ0v) is 9.63. The average Bonchev–Trinajstić information content (AvgIpc) is 2.21. The highest BCUT2D eigenvalue weighted by molar-refractivity contribution is 6.18.